The number of ether oxygens (including phenoxy) is 1. The number of amides is 1. The van der Waals surface area contributed by atoms with Crippen LogP contribution in [-0.2, 0) is 19.3 Å². The molecule has 1 saturated heterocycles. The second kappa shape index (κ2) is 5.77. The summed E-state index contributed by atoms with van der Waals surface area (Å²) in [4.78, 5) is 14.8. The monoisotopic (exact) mass is 310 g/mol. The predicted octanol–water partition coefficient (Wildman–Crippen LogP) is 2.16. The first-order valence-corrected chi connectivity index (χ1v) is 8.79. The largest absolute Gasteiger partial charge is 0.380 e. The van der Waals surface area contributed by atoms with Crippen molar-refractivity contribution >= 4 is 21.3 Å². The molecule has 1 aromatic rings. The maximum Gasteiger partial charge on any atom is 0.262 e. The van der Waals surface area contributed by atoms with Crippen LogP contribution in [-0.4, -0.2) is 43.7 Å². The lowest BCUT2D eigenvalue weighted by Crippen LogP contribution is -2.27. The third-order valence-corrected chi connectivity index (χ3v) is 5.44. The second-order valence-corrected chi connectivity index (χ2v) is 8.21. The van der Waals surface area contributed by atoms with Crippen molar-refractivity contribution in [1.82, 2.24) is 0 Å². The average Bonchev–Trinajstić information content (AvgIpc) is 2.87. The van der Waals surface area contributed by atoms with Crippen molar-refractivity contribution in [2.75, 3.05) is 38.5 Å². The Kier molecular flexibility index (Phi) is 4.39. The van der Waals surface area contributed by atoms with E-state index in [1.165, 1.54) is 6.26 Å². The fraction of sp³-hybridized carbons (Fsp3) is 0.533. The van der Waals surface area contributed by atoms with Gasteiger partial charge in [-0.25, -0.2) is 4.21 Å². The van der Waals surface area contributed by atoms with Crippen molar-refractivity contribution in [2.45, 2.75) is 18.2 Å². The molecule has 1 aromatic carbocycles. The smallest absolute Gasteiger partial charge is 0.262 e. The van der Waals surface area contributed by atoms with Gasteiger partial charge in [0.2, 0.25) is 0 Å². The molecule has 1 heterocycles. The van der Waals surface area contributed by atoms with Crippen LogP contribution < -0.4 is 4.90 Å². The van der Waals surface area contributed by atoms with E-state index < -0.39 is 15.1 Å². The van der Waals surface area contributed by atoms with E-state index in [2.05, 4.69) is 4.36 Å². The van der Waals surface area contributed by atoms with Gasteiger partial charge in [0.25, 0.3) is 5.91 Å². The standard InChI is InChI=1S/C15H22N2O3S/c1-15(9-10-20-11-15)14(18)16-21(4,19)13-7-5-12(6-8-13)17(2)3/h5-8H,9-11H2,1-4H3/t15-,21-/m0/s1. The van der Waals surface area contributed by atoms with Gasteiger partial charge in [-0.1, -0.05) is 0 Å². The molecule has 1 amide bonds. The van der Waals surface area contributed by atoms with Gasteiger partial charge in [0.05, 0.1) is 21.8 Å². The molecule has 0 radical (unpaired) electrons. The van der Waals surface area contributed by atoms with Gasteiger partial charge >= 0.3 is 0 Å². The fourth-order valence-corrected chi connectivity index (χ4v) is 3.44. The van der Waals surface area contributed by atoms with Crippen molar-refractivity contribution in [3.63, 3.8) is 0 Å². The molecule has 0 unspecified atom stereocenters. The lowest BCUT2D eigenvalue weighted by atomic mass is 9.89. The maximum absolute atomic E-state index is 12.7. The molecule has 2 atom stereocenters. The van der Waals surface area contributed by atoms with Gasteiger partial charge in [-0.05, 0) is 37.6 Å². The summed E-state index contributed by atoms with van der Waals surface area (Å²) >= 11 is 0. The van der Waals surface area contributed by atoms with Gasteiger partial charge in [-0.2, -0.15) is 4.36 Å². The summed E-state index contributed by atoms with van der Waals surface area (Å²) in [5, 5.41) is 0. The maximum atomic E-state index is 12.7. The van der Waals surface area contributed by atoms with Crippen LogP contribution in [0.3, 0.4) is 0 Å². The molecule has 2 rings (SSSR count). The van der Waals surface area contributed by atoms with E-state index in [1.54, 1.807) is 12.1 Å². The third-order valence-electron chi connectivity index (χ3n) is 3.78. The zero-order valence-corrected chi connectivity index (χ0v) is 13.8. The Bertz CT molecular complexity index is 637. The highest BCUT2D eigenvalue weighted by molar-refractivity contribution is 7.93. The summed E-state index contributed by atoms with van der Waals surface area (Å²) in [6.45, 7) is 2.72. The lowest BCUT2D eigenvalue weighted by molar-refractivity contribution is -0.126. The molecule has 1 fully saturated rings. The molecule has 0 N–H and O–H groups in total. The van der Waals surface area contributed by atoms with Gasteiger partial charge in [0, 0.05) is 37.5 Å². The number of benzene rings is 1. The van der Waals surface area contributed by atoms with E-state index in [0.717, 1.165) is 5.69 Å². The number of carbonyl (C=O) groups is 1. The van der Waals surface area contributed by atoms with E-state index in [4.69, 9.17) is 4.74 Å². The molecule has 0 aromatic heterocycles. The van der Waals surface area contributed by atoms with Crippen molar-refractivity contribution in [1.29, 1.82) is 0 Å². The van der Waals surface area contributed by atoms with Crippen molar-refractivity contribution in [3.05, 3.63) is 24.3 Å². The van der Waals surface area contributed by atoms with E-state index in [9.17, 15) is 9.00 Å². The molecule has 0 bridgehead atoms. The molecular formula is C15H22N2O3S. The summed E-state index contributed by atoms with van der Waals surface area (Å²) in [5.41, 5.74) is 0.374. The Balaban J connectivity index is 2.30. The molecular weight excluding hydrogens is 288 g/mol. The number of anilines is 1. The lowest BCUT2D eigenvalue weighted by Gasteiger charge is -2.17. The van der Waals surface area contributed by atoms with Gasteiger partial charge in [0.15, 0.2) is 0 Å². The Morgan fingerprint density at radius 3 is 2.43 bits per heavy atom. The summed E-state index contributed by atoms with van der Waals surface area (Å²) < 4.78 is 22.0. The zero-order chi connectivity index (χ0) is 15.7. The van der Waals surface area contributed by atoms with Gasteiger partial charge in [0.1, 0.15) is 0 Å². The third kappa shape index (κ3) is 3.44. The van der Waals surface area contributed by atoms with Crippen molar-refractivity contribution in [2.24, 2.45) is 9.78 Å². The summed E-state index contributed by atoms with van der Waals surface area (Å²) in [5.74, 6) is -0.329. The van der Waals surface area contributed by atoms with Crippen molar-refractivity contribution in [3.8, 4) is 0 Å². The number of carbonyl (C=O) groups excluding carboxylic acids is 1. The van der Waals surface area contributed by atoms with Crippen LogP contribution >= 0.6 is 0 Å². The number of rotatable bonds is 3. The van der Waals surface area contributed by atoms with Crippen LogP contribution in [0.5, 0.6) is 0 Å². The SMILES string of the molecule is CN(C)c1ccc([S@](C)(=O)=NC(=O)[C@@]2(C)CCOC2)cc1. The van der Waals surface area contributed by atoms with Crippen LogP contribution in [0.1, 0.15) is 13.3 Å². The van der Waals surface area contributed by atoms with Crippen LogP contribution in [0, 0.1) is 5.41 Å². The van der Waals surface area contributed by atoms with Gasteiger partial charge in [-0.3, -0.25) is 4.79 Å². The highest BCUT2D eigenvalue weighted by Gasteiger charge is 2.38. The Hall–Kier alpha value is -1.40. The minimum absolute atomic E-state index is 0.329. The van der Waals surface area contributed by atoms with Crippen LogP contribution in [0.2, 0.25) is 0 Å². The molecule has 0 aliphatic carbocycles. The van der Waals surface area contributed by atoms with Crippen molar-refractivity contribution < 1.29 is 13.7 Å². The quantitative estimate of drug-likeness (QED) is 0.858. The summed E-state index contributed by atoms with van der Waals surface area (Å²) in [7, 11) is 1.15. The summed E-state index contributed by atoms with van der Waals surface area (Å²) in [6.07, 6.45) is 2.14. The van der Waals surface area contributed by atoms with E-state index in [0.29, 0.717) is 24.5 Å². The molecule has 1 aliphatic rings. The minimum atomic E-state index is -2.73. The zero-order valence-electron chi connectivity index (χ0n) is 13.0. The van der Waals surface area contributed by atoms with Gasteiger partial charge in [-0.15, -0.1) is 0 Å². The molecule has 21 heavy (non-hydrogen) atoms. The van der Waals surface area contributed by atoms with Crippen LogP contribution in [0.15, 0.2) is 33.5 Å². The van der Waals surface area contributed by atoms with Crippen LogP contribution in [0.25, 0.3) is 0 Å². The number of nitrogens with zero attached hydrogens (tertiary/aromatic N) is 2. The first-order valence-electron chi connectivity index (χ1n) is 6.86. The average molecular weight is 310 g/mol. The van der Waals surface area contributed by atoms with Gasteiger partial charge < -0.3 is 9.64 Å². The highest BCUT2D eigenvalue weighted by atomic mass is 32.2. The molecule has 0 saturated carbocycles. The predicted molar refractivity (Wildman–Crippen MR) is 84.1 cm³/mol. The number of hydrogen-bond acceptors (Lipinski definition) is 4. The Morgan fingerprint density at radius 2 is 1.95 bits per heavy atom. The molecule has 5 nitrogen and oxygen atoms in total. The van der Waals surface area contributed by atoms with E-state index in [1.807, 2.05) is 38.1 Å². The first kappa shape index (κ1) is 16.0. The molecule has 6 heteroatoms. The minimum Gasteiger partial charge on any atom is -0.380 e. The fourth-order valence-electron chi connectivity index (χ4n) is 2.15. The molecule has 1 aliphatic heterocycles. The van der Waals surface area contributed by atoms with Crippen LogP contribution in [0.4, 0.5) is 5.69 Å². The Morgan fingerprint density at radius 1 is 1.33 bits per heavy atom. The first-order chi connectivity index (χ1) is 9.74. The summed E-state index contributed by atoms with van der Waals surface area (Å²) in [6, 6.07) is 7.28. The highest BCUT2D eigenvalue weighted by Crippen LogP contribution is 2.30. The molecule has 116 valence electrons. The topological polar surface area (TPSA) is 59.0 Å². The van der Waals surface area contributed by atoms with E-state index >= 15 is 0 Å². The normalized spacial score (nSPS) is 24.4. The second-order valence-electron chi connectivity index (χ2n) is 5.95. The number of hydrogen-bond donors (Lipinski definition) is 0. The van der Waals surface area contributed by atoms with E-state index in [-0.39, 0.29) is 5.91 Å². The Labute approximate surface area is 126 Å². The molecule has 0 spiro atoms.